The third kappa shape index (κ3) is 17.8. The fraction of sp³-hybridized carbons (Fsp3) is 1.00. The van der Waals surface area contributed by atoms with Crippen molar-refractivity contribution < 1.29 is 29.4 Å². The maximum absolute atomic E-state index is 5.35. The van der Waals surface area contributed by atoms with E-state index in [-0.39, 0.29) is 0 Å². The topological polar surface area (TPSA) is 73.8 Å². The molecule has 6 heteroatoms. The molecule has 0 aromatic rings. The molecule has 0 aromatic carbocycles. The molecular formula is C13H30NO5+. The quantitative estimate of drug-likeness (QED) is 0.394. The summed E-state index contributed by atoms with van der Waals surface area (Å²) in [6.07, 6.45) is 1.05. The van der Waals surface area contributed by atoms with Crippen LogP contribution in [0.3, 0.4) is 0 Å². The molecule has 0 aliphatic carbocycles. The van der Waals surface area contributed by atoms with E-state index in [0.29, 0.717) is 59.5 Å². The van der Waals surface area contributed by atoms with Crippen molar-refractivity contribution in [1.29, 1.82) is 0 Å². The van der Waals surface area contributed by atoms with Crippen molar-refractivity contribution in [3.8, 4) is 0 Å². The van der Waals surface area contributed by atoms with Gasteiger partial charge in [-0.1, -0.05) is 6.92 Å². The highest BCUT2D eigenvalue weighted by molar-refractivity contribution is 4.35. The van der Waals surface area contributed by atoms with E-state index in [4.69, 9.17) is 23.7 Å². The van der Waals surface area contributed by atoms with E-state index in [1.165, 1.54) is 0 Å². The Morgan fingerprint density at radius 1 is 0.526 bits per heavy atom. The average molecular weight is 280 g/mol. The van der Waals surface area contributed by atoms with Gasteiger partial charge in [0, 0.05) is 6.61 Å². The first-order valence-electron chi connectivity index (χ1n) is 7.09. The van der Waals surface area contributed by atoms with Gasteiger partial charge in [0.05, 0.1) is 66.0 Å². The molecule has 0 spiro atoms. The van der Waals surface area contributed by atoms with Gasteiger partial charge in [-0.2, -0.15) is 0 Å². The van der Waals surface area contributed by atoms with Crippen molar-refractivity contribution >= 4 is 0 Å². The molecule has 0 aliphatic heterocycles. The predicted molar refractivity (Wildman–Crippen MR) is 72.1 cm³/mol. The molecule has 0 radical (unpaired) electrons. The molecule has 0 saturated carbocycles. The Hall–Kier alpha value is -0.240. The van der Waals surface area contributed by atoms with Gasteiger partial charge in [0.2, 0.25) is 0 Å². The Bertz CT molecular complexity index is 144. The number of hydrogen-bond donors (Lipinski definition) is 1. The minimum Gasteiger partial charge on any atom is -0.379 e. The van der Waals surface area contributed by atoms with E-state index < -0.39 is 0 Å². The largest absolute Gasteiger partial charge is 0.379 e. The first-order chi connectivity index (χ1) is 9.41. The van der Waals surface area contributed by atoms with E-state index in [0.717, 1.165) is 19.6 Å². The maximum atomic E-state index is 5.35. The van der Waals surface area contributed by atoms with Crippen molar-refractivity contribution in [3.05, 3.63) is 0 Å². The third-order valence-electron chi connectivity index (χ3n) is 2.13. The van der Waals surface area contributed by atoms with Gasteiger partial charge in [-0.25, -0.2) is 0 Å². The molecule has 0 amide bonds. The highest BCUT2D eigenvalue weighted by atomic mass is 16.6. The minimum absolute atomic E-state index is 0.588. The van der Waals surface area contributed by atoms with Crippen LogP contribution in [-0.4, -0.2) is 72.6 Å². The molecule has 6 nitrogen and oxygen atoms in total. The summed E-state index contributed by atoms with van der Waals surface area (Å²) < 4.78 is 26.5. The van der Waals surface area contributed by atoms with Crippen LogP contribution in [0, 0.1) is 0 Å². The van der Waals surface area contributed by atoms with Crippen LogP contribution >= 0.6 is 0 Å². The molecular weight excluding hydrogens is 250 g/mol. The van der Waals surface area contributed by atoms with Crippen LogP contribution in [0.25, 0.3) is 0 Å². The summed E-state index contributed by atoms with van der Waals surface area (Å²) in [5.41, 5.74) is 3.68. The standard InChI is InChI=1S/C13H29NO5/c1-2-4-15-6-8-17-10-12-19-13-11-18-9-7-16-5-3-14/h2-14H2,1H3/p+1. The van der Waals surface area contributed by atoms with E-state index in [2.05, 4.69) is 12.7 Å². The zero-order valence-corrected chi connectivity index (χ0v) is 12.2. The molecule has 0 heterocycles. The van der Waals surface area contributed by atoms with Crippen molar-refractivity contribution in [2.45, 2.75) is 13.3 Å². The number of ether oxygens (including phenoxy) is 5. The van der Waals surface area contributed by atoms with E-state index in [1.54, 1.807) is 0 Å². The summed E-state index contributed by atoms with van der Waals surface area (Å²) in [4.78, 5) is 0. The molecule has 0 aliphatic rings. The van der Waals surface area contributed by atoms with Gasteiger partial charge in [-0.3, -0.25) is 0 Å². The first kappa shape index (κ1) is 18.8. The SMILES string of the molecule is CCCOCCOCCOCCOCCOCC[NH3+]. The molecule has 0 atom stereocenters. The molecule has 0 fully saturated rings. The third-order valence-corrected chi connectivity index (χ3v) is 2.13. The number of rotatable bonds is 16. The summed E-state index contributed by atoms with van der Waals surface area (Å²) in [5, 5.41) is 0. The van der Waals surface area contributed by atoms with E-state index >= 15 is 0 Å². The van der Waals surface area contributed by atoms with Gasteiger partial charge in [-0.05, 0) is 6.42 Å². The molecule has 3 N–H and O–H groups in total. The normalized spacial score (nSPS) is 11.1. The van der Waals surface area contributed by atoms with Crippen molar-refractivity contribution in [3.63, 3.8) is 0 Å². The lowest BCUT2D eigenvalue weighted by Gasteiger charge is -2.07. The van der Waals surface area contributed by atoms with Crippen LogP contribution < -0.4 is 5.73 Å². The molecule has 0 bridgehead atoms. The van der Waals surface area contributed by atoms with E-state index in [1.807, 2.05) is 0 Å². The second-order valence-electron chi connectivity index (χ2n) is 3.92. The summed E-state index contributed by atoms with van der Waals surface area (Å²) in [5.74, 6) is 0. The second kappa shape index (κ2) is 17.8. The Kier molecular flexibility index (Phi) is 17.5. The summed E-state index contributed by atoms with van der Waals surface area (Å²) in [6, 6.07) is 0. The van der Waals surface area contributed by atoms with Crippen LogP contribution in [0.2, 0.25) is 0 Å². The maximum Gasteiger partial charge on any atom is 0.0977 e. The highest BCUT2D eigenvalue weighted by Gasteiger charge is 1.92. The van der Waals surface area contributed by atoms with Gasteiger partial charge < -0.3 is 29.4 Å². The molecule has 19 heavy (non-hydrogen) atoms. The minimum atomic E-state index is 0.588. The Morgan fingerprint density at radius 3 is 1.16 bits per heavy atom. The average Bonchev–Trinajstić information content (AvgIpc) is 2.43. The van der Waals surface area contributed by atoms with E-state index in [9.17, 15) is 0 Å². The number of hydrogen-bond acceptors (Lipinski definition) is 5. The first-order valence-corrected chi connectivity index (χ1v) is 7.09. The summed E-state index contributed by atoms with van der Waals surface area (Å²) in [7, 11) is 0. The van der Waals surface area contributed by atoms with Crippen LogP contribution in [0.5, 0.6) is 0 Å². The van der Waals surface area contributed by atoms with Gasteiger partial charge in [-0.15, -0.1) is 0 Å². The van der Waals surface area contributed by atoms with Crippen LogP contribution in [-0.2, 0) is 23.7 Å². The molecule has 116 valence electrons. The lowest BCUT2D eigenvalue weighted by molar-refractivity contribution is -0.374. The van der Waals surface area contributed by atoms with Gasteiger partial charge in [0.25, 0.3) is 0 Å². The fourth-order valence-electron chi connectivity index (χ4n) is 1.23. The zero-order chi connectivity index (χ0) is 14.0. The van der Waals surface area contributed by atoms with Gasteiger partial charge >= 0.3 is 0 Å². The van der Waals surface area contributed by atoms with Crippen molar-refractivity contribution in [1.82, 2.24) is 0 Å². The molecule has 0 rings (SSSR count). The van der Waals surface area contributed by atoms with Gasteiger partial charge in [0.1, 0.15) is 0 Å². The van der Waals surface area contributed by atoms with Crippen molar-refractivity contribution in [2.75, 3.05) is 72.6 Å². The summed E-state index contributed by atoms with van der Waals surface area (Å²) >= 11 is 0. The number of quaternary nitrogens is 1. The van der Waals surface area contributed by atoms with Crippen LogP contribution in [0.15, 0.2) is 0 Å². The van der Waals surface area contributed by atoms with Crippen molar-refractivity contribution in [2.24, 2.45) is 0 Å². The monoisotopic (exact) mass is 280 g/mol. The smallest absolute Gasteiger partial charge is 0.0977 e. The predicted octanol–water partition coefficient (Wildman–Crippen LogP) is -0.279. The Labute approximate surface area is 116 Å². The Morgan fingerprint density at radius 2 is 0.842 bits per heavy atom. The lowest BCUT2D eigenvalue weighted by atomic mass is 10.5. The summed E-state index contributed by atoms with van der Waals surface area (Å²) in [6.45, 7) is 9.26. The lowest BCUT2D eigenvalue weighted by Crippen LogP contribution is -2.52. The van der Waals surface area contributed by atoms with Crippen LogP contribution in [0.4, 0.5) is 0 Å². The fourth-order valence-corrected chi connectivity index (χ4v) is 1.23. The van der Waals surface area contributed by atoms with Gasteiger partial charge in [0.15, 0.2) is 0 Å². The Balaban J connectivity index is 2.88. The molecule has 0 aromatic heterocycles. The highest BCUT2D eigenvalue weighted by Crippen LogP contribution is 1.84. The molecule has 0 saturated heterocycles. The second-order valence-corrected chi connectivity index (χ2v) is 3.92. The molecule has 0 unspecified atom stereocenters. The van der Waals surface area contributed by atoms with Crippen LogP contribution in [0.1, 0.15) is 13.3 Å². The zero-order valence-electron chi connectivity index (χ0n) is 12.2.